The number of benzene rings is 2. The van der Waals surface area contributed by atoms with Crippen LogP contribution in [0, 0.1) is 11.7 Å². The molecule has 1 unspecified atom stereocenters. The van der Waals surface area contributed by atoms with Crippen molar-refractivity contribution >= 4 is 51.2 Å². The third-order valence-corrected chi connectivity index (χ3v) is 10.1. The maximum Gasteiger partial charge on any atom is 0.434 e. The van der Waals surface area contributed by atoms with Crippen molar-refractivity contribution in [1.29, 1.82) is 0 Å². The van der Waals surface area contributed by atoms with E-state index in [2.05, 4.69) is 21.4 Å². The zero-order chi connectivity index (χ0) is 30.6. The molecule has 10 heteroatoms. The molecule has 2 aromatic carbocycles. The number of aromatic nitrogens is 3. The first kappa shape index (κ1) is 28.8. The molecule has 3 saturated heterocycles. The molecule has 3 aliphatic rings. The van der Waals surface area contributed by atoms with Gasteiger partial charge < -0.3 is 9.64 Å². The number of ether oxygens (including phenoxy) is 1. The van der Waals surface area contributed by atoms with Gasteiger partial charge in [0.05, 0.1) is 24.7 Å². The first-order chi connectivity index (χ1) is 21.3. The Bertz CT molecular complexity index is 1830. The molecule has 0 radical (unpaired) electrons. The van der Waals surface area contributed by atoms with Crippen LogP contribution in [0.25, 0.3) is 32.9 Å². The summed E-state index contributed by atoms with van der Waals surface area (Å²) in [4.78, 5) is 30.5. The van der Waals surface area contributed by atoms with E-state index >= 15 is 4.39 Å². The van der Waals surface area contributed by atoms with Gasteiger partial charge in [0, 0.05) is 39.7 Å². The van der Waals surface area contributed by atoms with Gasteiger partial charge in [0.25, 0.3) is 0 Å². The molecular formula is C34H35ClFN6O2+. The van der Waals surface area contributed by atoms with Crippen LogP contribution in [-0.2, 0) is 4.79 Å². The molecule has 4 aromatic rings. The Hall–Kier alpha value is -3.95. The maximum absolute atomic E-state index is 16.6. The average molecular weight is 614 g/mol. The van der Waals surface area contributed by atoms with Gasteiger partial charge >= 0.3 is 11.8 Å². The number of rotatable bonds is 7. The molecule has 2 aromatic heterocycles. The zero-order valence-electron chi connectivity index (χ0n) is 25.0. The fourth-order valence-corrected chi connectivity index (χ4v) is 7.56. The van der Waals surface area contributed by atoms with Gasteiger partial charge in [-0.1, -0.05) is 48.5 Å². The van der Waals surface area contributed by atoms with Crippen molar-refractivity contribution in [3.05, 3.63) is 66.1 Å². The topological polar surface area (TPSA) is 74.5 Å². The number of amides is 1. The Morgan fingerprint density at radius 1 is 1.20 bits per heavy atom. The minimum Gasteiger partial charge on any atom is -0.443 e. The summed E-state index contributed by atoms with van der Waals surface area (Å²) in [5.74, 6) is -0.0601. The van der Waals surface area contributed by atoms with E-state index in [0.717, 1.165) is 49.5 Å². The van der Waals surface area contributed by atoms with Gasteiger partial charge in [0.15, 0.2) is 5.82 Å². The van der Waals surface area contributed by atoms with E-state index in [9.17, 15) is 4.79 Å². The van der Waals surface area contributed by atoms with Crippen LogP contribution in [0.3, 0.4) is 0 Å². The van der Waals surface area contributed by atoms with Crippen molar-refractivity contribution in [2.75, 3.05) is 33.3 Å². The van der Waals surface area contributed by atoms with Crippen LogP contribution in [0.15, 0.2) is 55.3 Å². The van der Waals surface area contributed by atoms with Crippen LogP contribution >= 0.6 is 11.6 Å². The summed E-state index contributed by atoms with van der Waals surface area (Å²) in [7, 11) is 1.88. The first-order valence-electron chi connectivity index (χ1n) is 15.2. The largest absolute Gasteiger partial charge is 0.443 e. The summed E-state index contributed by atoms with van der Waals surface area (Å²) in [5, 5.41) is 2.62. The number of pyridine rings is 1. The lowest BCUT2D eigenvalue weighted by molar-refractivity contribution is -0.406. The molecule has 1 amide bonds. The molecule has 0 N–H and O–H groups in total. The predicted octanol–water partition coefficient (Wildman–Crippen LogP) is 6.02. The molecule has 0 spiro atoms. The number of hydrogen-bond acceptors (Lipinski definition) is 6. The molecule has 226 valence electrons. The molecule has 0 saturated carbocycles. The molecule has 5 heterocycles. The third kappa shape index (κ3) is 4.73. The second kappa shape index (κ2) is 11.2. The lowest BCUT2D eigenvalue weighted by Gasteiger charge is -2.43. The Kier molecular flexibility index (Phi) is 7.33. The molecule has 0 aliphatic carbocycles. The minimum atomic E-state index is -0.557. The summed E-state index contributed by atoms with van der Waals surface area (Å²) in [6.07, 6.45) is 9.42. The normalized spacial score (nSPS) is 21.5. The molecule has 2 atom stereocenters. The molecular weight excluding hydrogens is 579 g/mol. The Balaban J connectivity index is 1.32. The molecule has 7 rings (SSSR count). The Morgan fingerprint density at radius 3 is 2.68 bits per heavy atom. The lowest BCUT2D eigenvalue weighted by Crippen LogP contribution is -2.57. The standard InChI is InChI=1S/C34H35ClFN6O2/c1-4-27(43)42-19-23(21(42)2)18-40(3)32-25-17-37-30(24-11-5-9-22-10-6-12-26(35)28(22)24)29(36)31(25)38-33(39-32)44-20-34-13-7-15-41(34)16-8-14-34/h4-6,9-12,17-18,21,23H,1,7-8,13-16,19-20H2,2-3H3/q+1/b40-18-/t21-,23?/m1/s1. The zero-order valence-corrected chi connectivity index (χ0v) is 25.7. The van der Waals surface area contributed by atoms with Gasteiger partial charge in [-0.25, -0.2) is 8.97 Å². The summed E-state index contributed by atoms with van der Waals surface area (Å²) in [6, 6.07) is 11.4. The van der Waals surface area contributed by atoms with Gasteiger partial charge in [0.1, 0.15) is 23.2 Å². The number of likely N-dealkylation sites (tertiary alicyclic amines) is 1. The summed E-state index contributed by atoms with van der Waals surface area (Å²) < 4.78 is 24.8. The Labute approximate surface area is 260 Å². The SMILES string of the molecule is C=CC(=O)N1CC(/C=[N+](/C)c2nc(OCC34CCCN3CCC4)nc3c(F)c(-c4cccc5cccc(Cl)c45)ncc23)[C@H]1C. The second-order valence-corrected chi connectivity index (χ2v) is 12.6. The third-order valence-electron chi connectivity index (χ3n) is 9.76. The monoisotopic (exact) mass is 613 g/mol. The van der Waals surface area contributed by atoms with Crippen molar-refractivity contribution in [3.63, 3.8) is 0 Å². The molecule has 3 aliphatic heterocycles. The van der Waals surface area contributed by atoms with E-state index in [4.69, 9.17) is 21.3 Å². The number of carbonyl (C=O) groups excluding carboxylic acids is 1. The number of halogens is 2. The van der Waals surface area contributed by atoms with E-state index in [1.54, 1.807) is 17.2 Å². The van der Waals surface area contributed by atoms with Crippen LogP contribution in [-0.4, -0.2) is 86.3 Å². The smallest absolute Gasteiger partial charge is 0.434 e. The maximum atomic E-state index is 16.6. The van der Waals surface area contributed by atoms with Crippen LogP contribution in [0.4, 0.5) is 10.2 Å². The van der Waals surface area contributed by atoms with Gasteiger partial charge in [-0.05, 0) is 63.2 Å². The van der Waals surface area contributed by atoms with E-state index < -0.39 is 5.82 Å². The van der Waals surface area contributed by atoms with Gasteiger partial charge in [-0.3, -0.25) is 14.7 Å². The molecule has 8 nitrogen and oxygen atoms in total. The van der Waals surface area contributed by atoms with Crippen molar-refractivity contribution in [3.8, 4) is 17.3 Å². The molecule has 3 fully saturated rings. The van der Waals surface area contributed by atoms with Crippen LogP contribution < -0.4 is 4.74 Å². The van der Waals surface area contributed by atoms with Crippen molar-refractivity contribution < 1.29 is 18.5 Å². The number of fused-ring (bicyclic) bond motifs is 3. The second-order valence-electron chi connectivity index (χ2n) is 12.2. The number of nitrogens with zero attached hydrogens (tertiary/aromatic N) is 6. The fraction of sp³-hybridized carbons (Fsp3) is 0.382. The van der Waals surface area contributed by atoms with Gasteiger partial charge in [0.2, 0.25) is 5.91 Å². The van der Waals surface area contributed by atoms with Crippen molar-refractivity contribution in [2.45, 2.75) is 44.2 Å². The van der Waals surface area contributed by atoms with Gasteiger partial charge in [-0.2, -0.15) is 4.98 Å². The van der Waals surface area contributed by atoms with E-state index in [1.807, 2.05) is 55.1 Å². The number of carbonyl (C=O) groups is 1. The average Bonchev–Trinajstić information content (AvgIpc) is 3.62. The fourth-order valence-electron chi connectivity index (χ4n) is 7.27. The van der Waals surface area contributed by atoms with Crippen LogP contribution in [0.2, 0.25) is 5.02 Å². The quantitative estimate of drug-likeness (QED) is 0.144. The highest BCUT2D eigenvalue weighted by Crippen LogP contribution is 2.40. The first-order valence-corrected chi connectivity index (χ1v) is 15.6. The highest BCUT2D eigenvalue weighted by atomic mass is 35.5. The highest BCUT2D eigenvalue weighted by Gasteiger charge is 2.45. The van der Waals surface area contributed by atoms with Crippen molar-refractivity contribution in [1.82, 2.24) is 24.8 Å². The Morgan fingerprint density at radius 2 is 1.95 bits per heavy atom. The van der Waals surface area contributed by atoms with Crippen LogP contribution in [0.5, 0.6) is 6.01 Å². The minimum absolute atomic E-state index is 0.000776. The predicted molar refractivity (Wildman–Crippen MR) is 170 cm³/mol. The molecule has 0 bridgehead atoms. The highest BCUT2D eigenvalue weighted by molar-refractivity contribution is 6.36. The summed E-state index contributed by atoms with van der Waals surface area (Å²) in [6.45, 7) is 8.79. The van der Waals surface area contributed by atoms with E-state index in [-0.39, 0.29) is 40.6 Å². The summed E-state index contributed by atoms with van der Waals surface area (Å²) in [5.41, 5.74) is 0.884. The molecule has 44 heavy (non-hydrogen) atoms. The van der Waals surface area contributed by atoms with E-state index in [1.165, 1.54) is 6.08 Å². The van der Waals surface area contributed by atoms with E-state index in [0.29, 0.717) is 34.9 Å². The van der Waals surface area contributed by atoms with Gasteiger partial charge in [-0.15, -0.1) is 0 Å². The number of hydrogen-bond donors (Lipinski definition) is 0. The summed E-state index contributed by atoms with van der Waals surface area (Å²) >= 11 is 6.60. The van der Waals surface area contributed by atoms with Crippen LogP contribution in [0.1, 0.15) is 32.6 Å². The lowest BCUT2D eigenvalue weighted by atomic mass is 9.90. The van der Waals surface area contributed by atoms with Crippen molar-refractivity contribution in [2.24, 2.45) is 5.92 Å².